The lowest BCUT2D eigenvalue weighted by atomic mass is 10.0. The van der Waals surface area contributed by atoms with Gasteiger partial charge < -0.3 is 4.74 Å². The predicted molar refractivity (Wildman–Crippen MR) is 139 cm³/mol. The van der Waals surface area contributed by atoms with Crippen LogP contribution in [0.4, 0.5) is 0 Å². The van der Waals surface area contributed by atoms with E-state index in [1.54, 1.807) is 0 Å². The third kappa shape index (κ3) is 6.72. The molecule has 0 N–H and O–H groups in total. The number of carbonyl (C=O) groups is 1. The third-order valence-electron chi connectivity index (χ3n) is 6.38. The predicted octanol–water partition coefficient (Wildman–Crippen LogP) is 6.69. The zero-order chi connectivity index (χ0) is 24.2. The first-order chi connectivity index (χ1) is 16.7. The second kappa shape index (κ2) is 13.6. The van der Waals surface area contributed by atoms with Crippen LogP contribution in [0, 0.1) is 0 Å². The lowest BCUT2D eigenvalue weighted by molar-refractivity contribution is -0.140. The maximum atomic E-state index is 13.4. The molecule has 2 aromatic carbocycles. The molecule has 0 spiro atoms. The molecule has 3 rings (SSSR count). The molecule has 0 aliphatic carbocycles. The van der Waals surface area contributed by atoms with Gasteiger partial charge in [0.1, 0.15) is 0 Å². The number of imidazole rings is 1. The van der Waals surface area contributed by atoms with Crippen molar-refractivity contribution in [2.75, 3.05) is 7.11 Å². The maximum absolute atomic E-state index is 13.4. The molecule has 5 nitrogen and oxygen atoms in total. The number of methoxy groups -OCH3 is 1. The van der Waals surface area contributed by atoms with Crippen LogP contribution >= 0.6 is 0 Å². The molecular weight excluding hydrogens is 424 g/mol. The molecule has 0 aliphatic rings. The minimum atomic E-state index is -0.113. The highest BCUT2D eigenvalue weighted by Gasteiger charge is 2.21. The fourth-order valence-corrected chi connectivity index (χ4v) is 4.57. The van der Waals surface area contributed by atoms with Gasteiger partial charge in [-0.25, -0.2) is 4.79 Å². The van der Waals surface area contributed by atoms with Gasteiger partial charge >= 0.3 is 11.7 Å². The summed E-state index contributed by atoms with van der Waals surface area (Å²) in [6, 6.07) is 20.5. The highest BCUT2D eigenvalue weighted by molar-refractivity contribution is 5.79. The van der Waals surface area contributed by atoms with Crippen LogP contribution in [0.5, 0.6) is 0 Å². The zero-order valence-corrected chi connectivity index (χ0v) is 20.7. The van der Waals surface area contributed by atoms with E-state index in [0.717, 1.165) is 61.2 Å². The molecule has 1 aromatic heterocycles. The van der Waals surface area contributed by atoms with Crippen molar-refractivity contribution in [2.45, 2.75) is 77.8 Å². The monoisotopic (exact) mass is 462 g/mol. The molecule has 0 amide bonds. The number of unbranched alkanes of at least 4 members (excludes halogenated alkanes) is 7. The van der Waals surface area contributed by atoms with Crippen LogP contribution in [-0.4, -0.2) is 22.2 Å². The number of hydrogen-bond donors (Lipinski definition) is 0. The molecular formula is C29H38N2O3. The summed E-state index contributed by atoms with van der Waals surface area (Å²) in [6.07, 6.45) is 9.35. The summed E-state index contributed by atoms with van der Waals surface area (Å²) in [6.45, 7) is 3.42. The largest absolute Gasteiger partial charge is 0.469 e. The molecule has 34 heavy (non-hydrogen) atoms. The Morgan fingerprint density at radius 2 is 1.18 bits per heavy atom. The molecule has 0 saturated heterocycles. The fourth-order valence-electron chi connectivity index (χ4n) is 4.57. The number of carbonyl (C=O) groups excluding carboxylic acids is 1. The summed E-state index contributed by atoms with van der Waals surface area (Å²) in [5, 5.41) is 0. The Morgan fingerprint density at radius 1 is 0.706 bits per heavy atom. The Kier molecular flexibility index (Phi) is 10.2. The van der Waals surface area contributed by atoms with Crippen LogP contribution in [-0.2, 0) is 22.6 Å². The van der Waals surface area contributed by atoms with Gasteiger partial charge in [-0.3, -0.25) is 13.9 Å². The number of esters is 1. The minimum Gasteiger partial charge on any atom is -0.469 e. The van der Waals surface area contributed by atoms with Crippen molar-refractivity contribution >= 4 is 5.97 Å². The first kappa shape index (κ1) is 25.5. The van der Waals surface area contributed by atoms with E-state index in [2.05, 4.69) is 29.0 Å². The van der Waals surface area contributed by atoms with Crippen molar-refractivity contribution in [1.82, 2.24) is 9.13 Å². The lowest BCUT2D eigenvalue weighted by Crippen LogP contribution is -2.24. The van der Waals surface area contributed by atoms with Gasteiger partial charge in [0.25, 0.3) is 0 Å². The number of aromatic nitrogens is 2. The van der Waals surface area contributed by atoms with Gasteiger partial charge in [-0.2, -0.15) is 0 Å². The van der Waals surface area contributed by atoms with Crippen LogP contribution in [0.3, 0.4) is 0 Å². The van der Waals surface area contributed by atoms with E-state index >= 15 is 0 Å². The summed E-state index contributed by atoms with van der Waals surface area (Å²) < 4.78 is 8.57. The Balaban J connectivity index is 1.63. The molecule has 0 atom stereocenters. The van der Waals surface area contributed by atoms with Crippen molar-refractivity contribution < 1.29 is 9.53 Å². The smallest absolute Gasteiger partial charge is 0.329 e. The normalized spacial score (nSPS) is 11.0. The zero-order valence-electron chi connectivity index (χ0n) is 20.7. The number of benzene rings is 2. The van der Waals surface area contributed by atoms with Gasteiger partial charge in [-0.05, 0) is 19.8 Å². The van der Waals surface area contributed by atoms with E-state index < -0.39 is 0 Å². The van der Waals surface area contributed by atoms with Gasteiger partial charge in [0.2, 0.25) is 0 Å². The molecule has 5 heteroatoms. The Hall–Kier alpha value is -3.08. The van der Waals surface area contributed by atoms with Crippen LogP contribution in [0.2, 0.25) is 0 Å². The van der Waals surface area contributed by atoms with Crippen molar-refractivity contribution in [2.24, 2.45) is 0 Å². The fraction of sp³-hybridized carbons (Fsp3) is 0.448. The van der Waals surface area contributed by atoms with E-state index in [1.165, 1.54) is 26.4 Å². The Morgan fingerprint density at radius 3 is 1.68 bits per heavy atom. The molecule has 0 fully saturated rings. The minimum absolute atomic E-state index is 0.0748. The van der Waals surface area contributed by atoms with Crippen molar-refractivity contribution in [3.63, 3.8) is 0 Å². The van der Waals surface area contributed by atoms with Gasteiger partial charge in [-0.1, -0.05) is 99.2 Å². The van der Waals surface area contributed by atoms with Gasteiger partial charge in [-0.15, -0.1) is 0 Å². The maximum Gasteiger partial charge on any atom is 0.329 e. The molecule has 3 aromatic rings. The number of rotatable bonds is 14. The van der Waals surface area contributed by atoms with Crippen LogP contribution < -0.4 is 5.69 Å². The summed E-state index contributed by atoms with van der Waals surface area (Å²) in [5.74, 6) is -0.113. The van der Waals surface area contributed by atoms with Gasteiger partial charge in [0.15, 0.2) is 0 Å². The first-order valence-corrected chi connectivity index (χ1v) is 12.7. The molecule has 0 saturated carbocycles. The van der Waals surface area contributed by atoms with E-state index in [-0.39, 0.29) is 11.7 Å². The van der Waals surface area contributed by atoms with E-state index in [1.807, 2.05) is 52.5 Å². The Bertz CT molecular complexity index is 1070. The second-order valence-corrected chi connectivity index (χ2v) is 8.76. The standard InChI is InChI=1S/C29H38N2O3/c1-3-30-27(24-18-12-10-13-19-24)28(25-20-14-11-15-21-25)31(29(30)33)23-17-9-7-5-4-6-8-16-22-26(32)34-2/h10-15,18-21H,3-9,16-17,22-23H2,1-2H3. The second-order valence-electron chi connectivity index (χ2n) is 8.76. The van der Waals surface area contributed by atoms with Crippen molar-refractivity contribution in [3.05, 3.63) is 71.1 Å². The molecule has 0 radical (unpaired) electrons. The third-order valence-corrected chi connectivity index (χ3v) is 6.38. The molecule has 0 bridgehead atoms. The summed E-state index contributed by atoms with van der Waals surface area (Å²) in [5.41, 5.74) is 4.25. The van der Waals surface area contributed by atoms with Gasteiger partial charge in [0, 0.05) is 30.6 Å². The van der Waals surface area contributed by atoms with E-state index in [0.29, 0.717) is 13.0 Å². The molecule has 0 unspecified atom stereocenters. The lowest BCUT2D eigenvalue weighted by Gasteiger charge is -2.11. The molecule has 0 aliphatic heterocycles. The highest BCUT2D eigenvalue weighted by atomic mass is 16.5. The summed E-state index contributed by atoms with van der Waals surface area (Å²) in [4.78, 5) is 24.6. The van der Waals surface area contributed by atoms with Crippen molar-refractivity contribution in [3.8, 4) is 22.5 Å². The quantitative estimate of drug-likeness (QED) is 0.198. The van der Waals surface area contributed by atoms with E-state index in [4.69, 9.17) is 0 Å². The van der Waals surface area contributed by atoms with E-state index in [9.17, 15) is 9.59 Å². The number of nitrogens with zero attached hydrogens (tertiary/aromatic N) is 2. The van der Waals surface area contributed by atoms with Crippen molar-refractivity contribution in [1.29, 1.82) is 0 Å². The SMILES string of the molecule is CCn1c(-c2ccccc2)c(-c2ccccc2)n(CCCCCCCCCCC(=O)OC)c1=O. The summed E-state index contributed by atoms with van der Waals surface area (Å²) >= 11 is 0. The highest BCUT2D eigenvalue weighted by Crippen LogP contribution is 2.32. The Labute approximate surface area is 203 Å². The summed E-state index contributed by atoms with van der Waals surface area (Å²) in [7, 11) is 1.44. The average Bonchev–Trinajstić information content (AvgIpc) is 3.17. The molecule has 182 valence electrons. The number of hydrogen-bond acceptors (Lipinski definition) is 3. The molecule has 1 heterocycles. The van der Waals surface area contributed by atoms with Crippen LogP contribution in [0.25, 0.3) is 22.5 Å². The van der Waals surface area contributed by atoms with Crippen LogP contribution in [0.1, 0.15) is 64.7 Å². The number of ether oxygens (including phenoxy) is 1. The van der Waals surface area contributed by atoms with Crippen LogP contribution in [0.15, 0.2) is 65.5 Å². The average molecular weight is 463 g/mol. The first-order valence-electron chi connectivity index (χ1n) is 12.7. The van der Waals surface area contributed by atoms with Gasteiger partial charge in [0.05, 0.1) is 18.5 Å². The topological polar surface area (TPSA) is 53.2 Å².